The number of carbonyl (C=O) groups is 3. The number of ether oxygens (including phenoxy) is 1. The van der Waals surface area contributed by atoms with E-state index in [2.05, 4.69) is 4.98 Å². The van der Waals surface area contributed by atoms with Gasteiger partial charge in [-0.1, -0.05) is 42.5 Å². The Morgan fingerprint density at radius 2 is 1.74 bits per heavy atom. The SMILES string of the molecule is COC(=O)c1ccc(C2C(=C(O)c3cccnc3)C(=O)C(=O)N2CCCc2ccccc2)cc1. The molecule has 0 spiro atoms. The Morgan fingerprint density at radius 1 is 1.00 bits per heavy atom. The van der Waals surface area contributed by atoms with Gasteiger partial charge in [-0.15, -0.1) is 0 Å². The third kappa shape index (κ3) is 4.59. The molecule has 34 heavy (non-hydrogen) atoms. The molecule has 1 aliphatic rings. The molecule has 1 fully saturated rings. The van der Waals surface area contributed by atoms with E-state index in [1.807, 2.05) is 30.3 Å². The van der Waals surface area contributed by atoms with Crippen LogP contribution in [0.5, 0.6) is 0 Å². The van der Waals surface area contributed by atoms with Crippen LogP contribution in [-0.4, -0.2) is 46.3 Å². The summed E-state index contributed by atoms with van der Waals surface area (Å²) in [5.41, 5.74) is 2.44. The highest BCUT2D eigenvalue weighted by Crippen LogP contribution is 2.39. The highest BCUT2D eigenvalue weighted by atomic mass is 16.5. The first-order valence-corrected chi connectivity index (χ1v) is 10.9. The van der Waals surface area contributed by atoms with Gasteiger partial charge in [0.05, 0.1) is 24.3 Å². The molecule has 0 radical (unpaired) electrons. The molecule has 1 unspecified atom stereocenters. The summed E-state index contributed by atoms with van der Waals surface area (Å²) in [7, 11) is 1.30. The van der Waals surface area contributed by atoms with Gasteiger partial charge in [-0.05, 0) is 48.2 Å². The summed E-state index contributed by atoms with van der Waals surface area (Å²) in [6, 6.07) is 18.9. The number of esters is 1. The van der Waals surface area contributed by atoms with Crippen molar-refractivity contribution in [1.82, 2.24) is 9.88 Å². The zero-order valence-electron chi connectivity index (χ0n) is 18.7. The van der Waals surface area contributed by atoms with Crippen LogP contribution in [0.3, 0.4) is 0 Å². The Morgan fingerprint density at radius 3 is 2.38 bits per heavy atom. The fourth-order valence-corrected chi connectivity index (χ4v) is 4.13. The summed E-state index contributed by atoms with van der Waals surface area (Å²) >= 11 is 0. The van der Waals surface area contributed by atoms with Gasteiger partial charge in [0, 0.05) is 24.5 Å². The number of methoxy groups -OCH3 is 1. The number of amides is 1. The Bertz CT molecular complexity index is 1220. The number of aliphatic hydroxyl groups is 1. The van der Waals surface area contributed by atoms with Crippen LogP contribution in [0, 0.1) is 0 Å². The highest BCUT2D eigenvalue weighted by molar-refractivity contribution is 6.46. The number of aromatic nitrogens is 1. The van der Waals surface area contributed by atoms with Gasteiger partial charge in [-0.2, -0.15) is 0 Å². The predicted octanol–water partition coefficient (Wildman–Crippen LogP) is 3.92. The lowest BCUT2D eigenvalue weighted by molar-refractivity contribution is -0.139. The van der Waals surface area contributed by atoms with Gasteiger partial charge in [0.1, 0.15) is 5.76 Å². The van der Waals surface area contributed by atoms with Crippen LogP contribution in [-0.2, 0) is 20.7 Å². The van der Waals surface area contributed by atoms with Crippen molar-refractivity contribution in [2.45, 2.75) is 18.9 Å². The molecule has 3 aromatic rings. The number of pyridine rings is 1. The first-order valence-electron chi connectivity index (χ1n) is 10.9. The van der Waals surface area contributed by atoms with Crippen LogP contribution in [0.1, 0.15) is 39.5 Å². The lowest BCUT2D eigenvalue weighted by atomic mass is 9.95. The molecule has 1 amide bonds. The number of likely N-dealkylation sites (tertiary alicyclic amines) is 1. The average molecular weight is 456 g/mol. The fraction of sp³-hybridized carbons (Fsp3) is 0.185. The number of ketones is 1. The van der Waals surface area contributed by atoms with Gasteiger partial charge >= 0.3 is 5.97 Å². The molecule has 1 aromatic heterocycles. The van der Waals surface area contributed by atoms with Crippen molar-refractivity contribution >= 4 is 23.4 Å². The average Bonchev–Trinajstić information content (AvgIpc) is 3.14. The van der Waals surface area contributed by atoms with Crippen molar-refractivity contribution in [3.05, 3.63) is 107 Å². The number of rotatable bonds is 7. The first kappa shape index (κ1) is 22.9. The van der Waals surface area contributed by atoms with E-state index < -0.39 is 23.7 Å². The number of hydrogen-bond acceptors (Lipinski definition) is 6. The minimum Gasteiger partial charge on any atom is -0.507 e. The number of nitrogens with zero attached hydrogens (tertiary/aromatic N) is 2. The van der Waals surface area contributed by atoms with Gasteiger partial charge in [-0.25, -0.2) is 4.79 Å². The molecule has 1 atom stereocenters. The van der Waals surface area contributed by atoms with E-state index in [9.17, 15) is 19.5 Å². The molecule has 7 heteroatoms. The molecule has 0 saturated carbocycles. The first-order chi connectivity index (χ1) is 16.5. The quantitative estimate of drug-likeness (QED) is 0.251. The second-order valence-corrected chi connectivity index (χ2v) is 7.94. The zero-order valence-corrected chi connectivity index (χ0v) is 18.7. The minimum absolute atomic E-state index is 0.00327. The molecule has 1 aliphatic heterocycles. The smallest absolute Gasteiger partial charge is 0.337 e. The summed E-state index contributed by atoms with van der Waals surface area (Å²) in [4.78, 5) is 43.4. The number of aliphatic hydroxyl groups excluding tert-OH is 1. The Balaban J connectivity index is 1.71. The molecule has 2 heterocycles. The maximum Gasteiger partial charge on any atom is 0.337 e. The molecule has 7 nitrogen and oxygen atoms in total. The van der Waals surface area contributed by atoms with Crippen molar-refractivity contribution in [3.8, 4) is 0 Å². The number of benzene rings is 2. The standard InChI is InChI=1S/C27H24N2O5/c1-34-27(33)20-13-11-19(12-14-20)23-22(24(30)21-10-5-15-28-17-21)25(31)26(32)29(23)16-6-9-18-7-3-2-4-8-18/h2-5,7-8,10-15,17,23,30H,6,9,16H2,1H3. The van der Waals surface area contributed by atoms with Gasteiger partial charge in [-0.3, -0.25) is 14.6 Å². The molecular weight excluding hydrogens is 432 g/mol. The molecule has 1 N–H and O–H groups in total. The topological polar surface area (TPSA) is 96.8 Å². The number of carbonyl (C=O) groups excluding carboxylic acids is 3. The normalized spacial score (nSPS) is 17.1. The summed E-state index contributed by atoms with van der Waals surface area (Å²) < 4.78 is 4.76. The molecule has 0 bridgehead atoms. The Labute approximate surface area is 197 Å². The lowest BCUT2D eigenvalue weighted by Crippen LogP contribution is -2.31. The van der Waals surface area contributed by atoms with Crippen molar-refractivity contribution in [1.29, 1.82) is 0 Å². The van der Waals surface area contributed by atoms with Crippen LogP contribution in [0.4, 0.5) is 0 Å². The number of Topliss-reactive ketones (excluding diaryl/α,β-unsaturated/α-hetero) is 1. The molecule has 1 saturated heterocycles. The number of aryl methyl sites for hydroxylation is 1. The van der Waals surface area contributed by atoms with Crippen LogP contribution < -0.4 is 0 Å². The maximum absolute atomic E-state index is 13.1. The van der Waals surface area contributed by atoms with Crippen molar-refractivity contribution in [2.75, 3.05) is 13.7 Å². The third-order valence-electron chi connectivity index (χ3n) is 5.83. The zero-order chi connectivity index (χ0) is 24.1. The Kier molecular flexibility index (Phi) is 6.82. The number of hydrogen-bond donors (Lipinski definition) is 1. The van der Waals surface area contributed by atoms with Crippen molar-refractivity contribution < 1.29 is 24.2 Å². The molecule has 2 aromatic carbocycles. The maximum atomic E-state index is 13.1. The minimum atomic E-state index is -0.789. The van der Waals surface area contributed by atoms with Crippen LogP contribution in [0.15, 0.2) is 84.7 Å². The molecular formula is C27H24N2O5. The van der Waals surface area contributed by atoms with Crippen LogP contribution in [0.2, 0.25) is 0 Å². The van der Waals surface area contributed by atoms with E-state index in [-0.39, 0.29) is 11.3 Å². The van der Waals surface area contributed by atoms with Gasteiger partial charge in [0.15, 0.2) is 0 Å². The Hall–Kier alpha value is -4.26. The molecule has 4 rings (SSSR count). The summed E-state index contributed by atoms with van der Waals surface area (Å²) in [6.45, 7) is 0.326. The van der Waals surface area contributed by atoms with E-state index in [0.29, 0.717) is 29.7 Å². The van der Waals surface area contributed by atoms with Crippen LogP contribution in [0.25, 0.3) is 5.76 Å². The fourth-order valence-electron chi connectivity index (χ4n) is 4.13. The molecule has 172 valence electrons. The van der Waals surface area contributed by atoms with E-state index >= 15 is 0 Å². The van der Waals surface area contributed by atoms with E-state index in [4.69, 9.17) is 4.74 Å². The predicted molar refractivity (Wildman–Crippen MR) is 126 cm³/mol. The van der Waals surface area contributed by atoms with Gasteiger partial charge in [0.25, 0.3) is 11.7 Å². The second-order valence-electron chi connectivity index (χ2n) is 7.94. The van der Waals surface area contributed by atoms with E-state index in [1.165, 1.54) is 18.2 Å². The summed E-state index contributed by atoms with van der Waals surface area (Å²) in [5, 5.41) is 11.0. The largest absolute Gasteiger partial charge is 0.507 e. The van der Waals surface area contributed by atoms with E-state index in [1.54, 1.807) is 42.6 Å². The lowest BCUT2D eigenvalue weighted by Gasteiger charge is -2.25. The molecule has 0 aliphatic carbocycles. The van der Waals surface area contributed by atoms with Gasteiger partial charge < -0.3 is 14.7 Å². The van der Waals surface area contributed by atoms with E-state index in [0.717, 1.165) is 12.0 Å². The van der Waals surface area contributed by atoms with Crippen LogP contribution >= 0.6 is 0 Å². The highest BCUT2D eigenvalue weighted by Gasteiger charge is 2.45. The second kappa shape index (κ2) is 10.1. The monoisotopic (exact) mass is 456 g/mol. The third-order valence-corrected chi connectivity index (χ3v) is 5.83. The summed E-state index contributed by atoms with van der Waals surface area (Å²) in [5.74, 6) is -2.18. The van der Waals surface area contributed by atoms with Gasteiger partial charge in [0.2, 0.25) is 0 Å². The van der Waals surface area contributed by atoms with Crippen molar-refractivity contribution in [3.63, 3.8) is 0 Å². The van der Waals surface area contributed by atoms with Crippen molar-refractivity contribution in [2.24, 2.45) is 0 Å². The summed E-state index contributed by atoms with van der Waals surface area (Å²) in [6.07, 6.45) is 4.37.